The summed E-state index contributed by atoms with van der Waals surface area (Å²) in [6, 6.07) is 3.25. The molecule has 3 N–H and O–H groups in total. The zero-order valence-corrected chi connectivity index (χ0v) is 14.2. The molecule has 25 heavy (non-hydrogen) atoms. The van der Waals surface area contributed by atoms with Gasteiger partial charge in [-0.05, 0) is 31.2 Å². The predicted molar refractivity (Wildman–Crippen MR) is 93.8 cm³/mol. The summed E-state index contributed by atoms with van der Waals surface area (Å²) in [6.07, 6.45) is 12.8. The Bertz CT molecular complexity index is 604. The van der Waals surface area contributed by atoms with Gasteiger partial charge in [-0.2, -0.15) is 0 Å². The number of amides is 3. The zero-order chi connectivity index (χ0) is 17.9. The van der Waals surface area contributed by atoms with Gasteiger partial charge in [0.2, 0.25) is 11.8 Å². The van der Waals surface area contributed by atoms with Gasteiger partial charge in [-0.25, -0.2) is 9.78 Å². The Balaban J connectivity index is 1.67. The lowest BCUT2D eigenvalue weighted by atomic mass is 9.98. The Labute approximate surface area is 147 Å². The topological polar surface area (TPSA) is 92.4 Å². The summed E-state index contributed by atoms with van der Waals surface area (Å²) in [5.74, 6) is 2.57. The lowest BCUT2D eigenvalue weighted by molar-refractivity contribution is -0.119. The Morgan fingerprint density at radius 2 is 2.00 bits per heavy atom. The van der Waals surface area contributed by atoms with Crippen LogP contribution in [0.4, 0.5) is 4.79 Å². The minimum absolute atomic E-state index is 0.125. The highest BCUT2D eigenvalue weighted by Gasteiger charge is 2.15. The van der Waals surface area contributed by atoms with E-state index in [-0.39, 0.29) is 25.1 Å². The standard InChI is InChI=1S/C18H24N4O3/c1-2-10-19-16(23)13-22-18(24)21-12-14-8-9-17(20-11-14)25-15-6-4-3-5-7-15/h1,8-9,11,15H,3-7,10,12-13H2,(H,19,23)(H2,21,22,24). The SMILES string of the molecule is C#CCNC(=O)CNC(=O)NCc1ccc(OC2CCCCC2)nc1. The number of nitrogens with one attached hydrogen (secondary N) is 3. The smallest absolute Gasteiger partial charge is 0.315 e. The van der Waals surface area contributed by atoms with Crippen molar-refractivity contribution >= 4 is 11.9 Å². The predicted octanol–water partition coefficient (Wildman–Crippen LogP) is 1.34. The van der Waals surface area contributed by atoms with E-state index in [9.17, 15) is 9.59 Å². The Hall–Kier alpha value is -2.75. The molecule has 7 nitrogen and oxygen atoms in total. The van der Waals surface area contributed by atoms with Crippen LogP contribution < -0.4 is 20.7 Å². The van der Waals surface area contributed by atoms with Crippen LogP contribution in [0.3, 0.4) is 0 Å². The van der Waals surface area contributed by atoms with E-state index in [4.69, 9.17) is 11.2 Å². The monoisotopic (exact) mass is 344 g/mol. The summed E-state index contributed by atoms with van der Waals surface area (Å²) in [4.78, 5) is 27.2. The van der Waals surface area contributed by atoms with Gasteiger partial charge in [0.25, 0.3) is 0 Å². The van der Waals surface area contributed by atoms with Crippen molar-refractivity contribution in [2.75, 3.05) is 13.1 Å². The molecule has 1 aliphatic carbocycles. The van der Waals surface area contributed by atoms with E-state index in [1.807, 2.05) is 12.1 Å². The average Bonchev–Trinajstić information content (AvgIpc) is 2.65. The summed E-state index contributed by atoms with van der Waals surface area (Å²) < 4.78 is 5.86. The normalized spacial score (nSPS) is 14.2. The minimum atomic E-state index is -0.432. The highest BCUT2D eigenvalue weighted by atomic mass is 16.5. The molecule has 0 aromatic carbocycles. The summed E-state index contributed by atoms with van der Waals surface area (Å²) in [6.45, 7) is 0.331. The lowest BCUT2D eigenvalue weighted by Gasteiger charge is -2.22. The number of nitrogens with zero attached hydrogens (tertiary/aromatic N) is 1. The molecule has 0 spiro atoms. The quantitative estimate of drug-likeness (QED) is 0.651. The number of urea groups is 1. The molecule has 0 saturated heterocycles. The second-order valence-corrected chi connectivity index (χ2v) is 5.90. The van der Waals surface area contributed by atoms with Gasteiger partial charge in [-0.1, -0.05) is 18.4 Å². The van der Waals surface area contributed by atoms with E-state index in [2.05, 4.69) is 26.9 Å². The van der Waals surface area contributed by atoms with Crippen molar-refractivity contribution in [3.05, 3.63) is 23.9 Å². The number of hydrogen-bond acceptors (Lipinski definition) is 4. The van der Waals surface area contributed by atoms with Crippen LogP contribution >= 0.6 is 0 Å². The number of hydrogen-bond donors (Lipinski definition) is 3. The Morgan fingerprint density at radius 1 is 1.20 bits per heavy atom. The fourth-order valence-corrected chi connectivity index (χ4v) is 2.56. The Morgan fingerprint density at radius 3 is 2.68 bits per heavy atom. The van der Waals surface area contributed by atoms with Crippen LogP contribution in [-0.4, -0.2) is 36.1 Å². The third-order valence-corrected chi connectivity index (χ3v) is 3.89. The van der Waals surface area contributed by atoms with Crippen LogP contribution in [0.5, 0.6) is 5.88 Å². The van der Waals surface area contributed by atoms with Gasteiger partial charge in [-0.15, -0.1) is 6.42 Å². The maximum absolute atomic E-state index is 11.6. The highest BCUT2D eigenvalue weighted by Crippen LogP contribution is 2.22. The molecule has 1 aromatic rings. The maximum Gasteiger partial charge on any atom is 0.315 e. The first kappa shape index (κ1) is 18.6. The van der Waals surface area contributed by atoms with E-state index in [0.717, 1.165) is 18.4 Å². The molecular formula is C18H24N4O3. The van der Waals surface area contributed by atoms with Gasteiger partial charge in [0.05, 0.1) is 13.1 Å². The van der Waals surface area contributed by atoms with Crippen LogP contribution in [0.15, 0.2) is 18.3 Å². The van der Waals surface area contributed by atoms with Gasteiger partial charge in [0.1, 0.15) is 6.10 Å². The van der Waals surface area contributed by atoms with Crippen molar-refractivity contribution in [2.24, 2.45) is 0 Å². The minimum Gasteiger partial charge on any atom is -0.474 e. The number of carbonyl (C=O) groups is 2. The maximum atomic E-state index is 11.6. The first-order valence-electron chi connectivity index (χ1n) is 8.51. The van der Waals surface area contributed by atoms with Crippen molar-refractivity contribution in [1.82, 2.24) is 20.9 Å². The Kier molecular flexibility index (Phi) is 7.57. The molecule has 7 heteroatoms. The molecule has 0 atom stereocenters. The second-order valence-electron chi connectivity index (χ2n) is 5.90. The average molecular weight is 344 g/mol. The third-order valence-electron chi connectivity index (χ3n) is 3.89. The van der Waals surface area contributed by atoms with Crippen LogP contribution in [-0.2, 0) is 11.3 Å². The van der Waals surface area contributed by atoms with Crippen molar-refractivity contribution < 1.29 is 14.3 Å². The van der Waals surface area contributed by atoms with Gasteiger partial charge in [-0.3, -0.25) is 4.79 Å². The molecule has 3 amide bonds. The number of ether oxygens (including phenoxy) is 1. The van der Waals surface area contributed by atoms with E-state index in [1.54, 1.807) is 6.20 Å². The molecule has 1 aliphatic rings. The van der Waals surface area contributed by atoms with Crippen LogP contribution in [0.2, 0.25) is 0 Å². The first-order chi connectivity index (χ1) is 12.2. The lowest BCUT2D eigenvalue weighted by Crippen LogP contribution is -2.41. The van der Waals surface area contributed by atoms with Gasteiger partial charge in [0, 0.05) is 18.8 Å². The second kappa shape index (κ2) is 10.2. The molecule has 134 valence electrons. The number of rotatable bonds is 7. The van der Waals surface area contributed by atoms with E-state index in [0.29, 0.717) is 12.4 Å². The molecule has 1 fully saturated rings. The van der Waals surface area contributed by atoms with Crippen LogP contribution in [0, 0.1) is 12.3 Å². The summed E-state index contributed by atoms with van der Waals surface area (Å²) in [5.41, 5.74) is 0.850. The molecule has 1 heterocycles. The third kappa shape index (κ3) is 7.12. The van der Waals surface area contributed by atoms with Crippen molar-refractivity contribution in [1.29, 1.82) is 0 Å². The molecule has 0 unspecified atom stereocenters. The molecule has 0 bridgehead atoms. The first-order valence-corrected chi connectivity index (χ1v) is 8.51. The van der Waals surface area contributed by atoms with Crippen LogP contribution in [0.25, 0.3) is 0 Å². The summed E-state index contributed by atoms with van der Waals surface area (Å²) in [7, 11) is 0. The molecule has 1 aromatic heterocycles. The largest absolute Gasteiger partial charge is 0.474 e. The van der Waals surface area contributed by atoms with Crippen LogP contribution in [0.1, 0.15) is 37.7 Å². The fourth-order valence-electron chi connectivity index (χ4n) is 2.56. The van der Waals surface area contributed by atoms with Gasteiger partial charge in [0.15, 0.2) is 0 Å². The van der Waals surface area contributed by atoms with E-state index >= 15 is 0 Å². The van der Waals surface area contributed by atoms with Crippen molar-refractivity contribution in [3.63, 3.8) is 0 Å². The number of aromatic nitrogens is 1. The van der Waals surface area contributed by atoms with Crippen molar-refractivity contribution in [3.8, 4) is 18.2 Å². The molecule has 0 radical (unpaired) electrons. The highest BCUT2D eigenvalue weighted by molar-refractivity contribution is 5.83. The molecule has 1 saturated carbocycles. The molecule has 2 rings (SSSR count). The number of carbonyl (C=O) groups excluding carboxylic acids is 2. The molecule has 0 aliphatic heterocycles. The van der Waals surface area contributed by atoms with Gasteiger partial charge >= 0.3 is 6.03 Å². The fraction of sp³-hybridized carbons (Fsp3) is 0.500. The zero-order valence-electron chi connectivity index (χ0n) is 14.2. The molecular weight excluding hydrogens is 320 g/mol. The van der Waals surface area contributed by atoms with Gasteiger partial charge < -0.3 is 20.7 Å². The number of pyridine rings is 1. The van der Waals surface area contributed by atoms with Crippen molar-refractivity contribution in [2.45, 2.75) is 44.8 Å². The number of terminal acetylenes is 1. The summed E-state index contributed by atoms with van der Waals surface area (Å²) >= 11 is 0. The van der Waals surface area contributed by atoms with E-state index < -0.39 is 6.03 Å². The van der Waals surface area contributed by atoms with E-state index in [1.165, 1.54) is 19.3 Å². The summed E-state index contributed by atoms with van der Waals surface area (Å²) in [5, 5.41) is 7.57.